The Morgan fingerprint density at radius 3 is 2.54 bits per heavy atom. The van der Waals surface area contributed by atoms with Gasteiger partial charge in [-0.2, -0.15) is 5.10 Å². The maximum atomic E-state index is 13.8. The zero-order valence-corrected chi connectivity index (χ0v) is 20.1. The highest BCUT2D eigenvalue weighted by molar-refractivity contribution is 6.06. The Bertz CT molecular complexity index is 1630. The number of hydrogen-bond acceptors (Lipinski definition) is 6. The van der Waals surface area contributed by atoms with E-state index in [4.69, 9.17) is 15.7 Å². The van der Waals surface area contributed by atoms with Gasteiger partial charge in [-0.15, -0.1) is 0 Å². The minimum Gasteiger partial charge on any atom is -0.341 e. The van der Waals surface area contributed by atoms with Crippen molar-refractivity contribution in [2.45, 2.75) is 45.8 Å². The van der Waals surface area contributed by atoms with Crippen molar-refractivity contribution in [1.82, 2.24) is 24.3 Å². The first-order chi connectivity index (χ1) is 17.0. The van der Waals surface area contributed by atoms with Gasteiger partial charge in [0.15, 0.2) is 0 Å². The van der Waals surface area contributed by atoms with Crippen LogP contribution in [0.5, 0.6) is 0 Å². The van der Waals surface area contributed by atoms with E-state index in [1.807, 2.05) is 48.7 Å². The molecule has 5 aromatic rings. The number of pyridine rings is 1. The average Bonchev–Trinajstić information content (AvgIpc) is 3.28. The van der Waals surface area contributed by atoms with Gasteiger partial charge < -0.3 is 15.2 Å². The van der Waals surface area contributed by atoms with E-state index in [-0.39, 0.29) is 11.6 Å². The van der Waals surface area contributed by atoms with Gasteiger partial charge in [-0.3, -0.25) is 9.78 Å². The molecule has 3 aromatic heterocycles. The third-order valence-corrected chi connectivity index (χ3v) is 7.04. The van der Waals surface area contributed by atoms with E-state index in [9.17, 15) is 4.79 Å². The molecule has 0 radical (unpaired) electrons. The molecule has 0 unspecified atom stereocenters. The van der Waals surface area contributed by atoms with E-state index < -0.39 is 0 Å². The third kappa shape index (κ3) is 3.56. The summed E-state index contributed by atoms with van der Waals surface area (Å²) in [4.78, 5) is 25.8. The van der Waals surface area contributed by atoms with Gasteiger partial charge in [0.1, 0.15) is 11.0 Å². The van der Waals surface area contributed by atoms with Gasteiger partial charge in [0.2, 0.25) is 5.95 Å². The van der Waals surface area contributed by atoms with Crippen LogP contribution in [0.4, 0.5) is 5.95 Å². The molecule has 1 saturated heterocycles. The summed E-state index contributed by atoms with van der Waals surface area (Å²) < 4.78 is 3.56. The molecule has 178 valence electrons. The van der Waals surface area contributed by atoms with Crippen LogP contribution in [0.1, 0.15) is 31.2 Å². The lowest BCUT2D eigenvalue weighted by molar-refractivity contribution is 0.494. The van der Waals surface area contributed by atoms with Gasteiger partial charge in [-0.1, -0.05) is 42.5 Å². The number of para-hydroxylation sites is 1. The number of piperidine rings is 1. The fourth-order valence-electron chi connectivity index (χ4n) is 5.38. The first-order valence-electron chi connectivity index (χ1n) is 12.3. The number of benzene rings is 2. The lowest BCUT2D eigenvalue weighted by Crippen LogP contribution is -2.44. The highest BCUT2D eigenvalue weighted by Gasteiger charge is 2.25. The summed E-state index contributed by atoms with van der Waals surface area (Å²) >= 11 is 0. The first-order valence-corrected chi connectivity index (χ1v) is 12.3. The van der Waals surface area contributed by atoms with E-state index in [0.717, 1.165) is 64.9 Å². The zero-order chi connectivity index (χ0) is 24.1. The first kappa shape index (κ1) is 21.7. The molecule has 1 aliphatic heterocycles. The quantitative estimate of drug-likeness (QED) is 0.406. The molecule has 35 heavy (non-hydrogen) atoms. The van der Waals surface area contributed by atoms with Crippen molar-refractivity contribution in [3.8, 4) is 0 Å². The van der Waals surface area contributed by atoms with E-state index in [2.05, 4.69) is 28.2 Å². The Kier molecular flexibility index (Phi) is 5.25. The number of rotatable bonds is 4. The number of fused-ring (bicyclic) bond motifs is 4. The predicted octanol–water partition coefficient (Wildman–Crippen LogP) is 3.60. The van der Waals surface area contributed by atoms with Crippen LogP contribution >= 0.6 is 0 Å². The van der Waals surface area contributed by atoms with Crippen LogP contribution in [0.15, 0.2) is 53.3 Å². The highest BCUT2D eigenvalue weighted by Crippen LogP contribution is 2.27. The number of nitrogens with zero attached hydrogens (tertiary/aromatic N) is 6. The smallest absolute Gasteiger partial charge is 0.293 e. The molecular weight excluding hydrogens is 438 g/mol. The van der Waals surface area contributed by atoms with Crippen molar-refractivity contribution in [2.24, 2.45) is 5.73 Å². The lowest BCUT2D eigenvalue weighted by Gasteiger charge is -2.31. The van der Waals surface area contributed by atoms with Gasteiger partial charge in [0.05, 0.1) is 23.4 Å². The molecule has 6 rings (SSSR count). The van der Waals surface area contributed by atoms with Crippen molar-refractivity contribution in [3.63, 3.8) is 0 Å². The molecule has 8 heteroatoms. The average molecular weight is 468 g/mol. The standard InChI is InChI=1S/C27H29N7O/c1-3-33-25-24(30-27(33)32-14-8-9-18(28)15-32)17(2)31-34(26(25)35)16-23-21-12-5-4-10-19(21)20-11-6-7-13-22(20)29-23/h4-7,10-13,18H,3,8-9,14-16,28H2,1-2H3/t18-/m1/s1. The van der Waals surface area contributed by atoms with Crippen molar-refractivity contribution in [1.29, 1.82) is 0 Å². The summed E-state index contributed by atoms with van der Waals surface area (Å²) in [5.74, 6) is 0.812. The summed E-state index contributed by atoms with van der Waals surface area (Å²) in [5.41, 5.74) is 9.83. The molecule has 0 aliphatic carbocycles. The highest BCUT2D eigenvalue weighted by atomic mass is 16.1. The Morgan fingerprint density at radius 2 is 1.77 bits per heavy atom. The van der Waals surface area contributed by atoms with Crippen molar-refractivity contribution in [2.75, 3.05) is 18.0 Å². The number of aromatic nitrogens is 5. The molecule has 2 N–H and O–H groups in total. The summed E-state index contributed by atoms with van der Waals surface area (Å²) in [6.07, 6.45) is 2.04. The van der Waals surface area contributed by atoms with Gasteiger partial charge >= 0.3 is 0 Å². The number of imidazole rings is 1. The zero-order valence-electron chi connectivity index (χ0n) is 20.1. The molecular formula is C27H29N7O. The normalized spacial score (nSPS) is 16.5. The monoisotopic (exact) mass is 467 g/mol. The van der Waals surface area contributed by atoms with Crippen molar-refractivity contribution >= 4 is 38.7 Å². The fourth-order valence-corrected chi connectivity index (χ4v) is 5.38. The Hall–Kier alpha value is -3.78. The van der Waals surface area contributed by atoms with Gasteiger partial charge in [0.25, 0.3) is 5.56 Å². The lowest BCUT2D eigenvalue weighted by atomic mass is 10.0. The second kappa shape index (κ2) is 8.46. The summed E-state index contributed by atoms with van der Waals surface area (Å²) in [6.45, 7) is 6.55. The Labute approximate surface area is 203 Å². The number of aryl methyl sites for hydroxylation is 2. The van der Waals surface area contributed by atoms with Crippen LogP contribution in [0.25, 0.3) is 32.7 Å². The molecule has 0 amide bonds. The molecule has 0 bridgehead atoms. The van der Waals surface area contributed by atoms with Crippen LogP contribution < -0.4 is 16.2 Å². The van der Waals surface area contributed by atoms with Crippen LogP contribution in [-0.2, 0) is 13.1 Å². The molecule has 2 aromatic carbocycles. The van der Waals surface area contributed by atoms with E-state index in [1.54, 1.807) is 4.68 Å². The molecule has 1 fully saturated rings. The van der Waals surface area contributed by atoms with Crippen molar-refractivity contribution in [3.05, 3.63) is 70.3 Å². The minimum absolute atomic E-state index is 0.122. The van der Waals surface area contributed by atoms with E-state index in [0.29, 0.717) is 24.1 Å². The SMILES string of the molecule is CCn1c(N2CCC[C@@H](N)C2)nc2c(C)nn(Cc3nc4ccccc4c4ccccc34)c(=O)c21. The number of nitrogens with two attached hydrogens (primary N) is 1. The molecule has 1 aliphatic rings. The molecule has 1 atom stereocenters. The van der Waals surface area contributed by atoms with Crippen molar-refractivity contribution < 1.29 is 0 Å². The summed E-state index contributed by atoms with van der Waals surface area (Å²) in [5, 5.41) is 7.94. The third-order valence-electron chi connectivity index (χ3n) is 7.04. The summed E-state index contributed by atoms with van der Waals surface area (Å²) in [7, 11) is 0. The molecule has 0 spiro atoms. The molecule has 4 heterocycles. The topological polar surface area (TPSA) is 94.9 Å². The second-order valence-electron chi connectivity index (χ2n) is 9.37. The number of anilines is 1. The predicted molar refractivity (Wildman–Crippen MR) is 140 cm³/mol. The summed E-state index contributed by atoms with van der Waals surface area (Å²) in [6, 6.07) is 16.4. The van der Waals surface area contributed by atoms with Crippen LogP contribution in [0.3, 0.4) is 0 Å². The molecule has 0 saturated carbocycles. The maximum absolute atomic E-state index is 13.8. The van der Waals surface area contributed by atoms with Crippen LogP contribution in [0, 0.1) is 6.92 Å². The number of hydrogen-bond donors (Lipinski definition) is 1. The van der Waals surface area contributed by atoms with Crippen LogP contribution in [-0.4, -0.2) is 43.4 Å². The minimum atomic E-state index is -0.147. The Balaban J connectivity index is 1.51. The fraction of sp³-hybridized carbons (Fsp3) is 0.333. The Morgan fingerprint density at radius 1 is 1.03 bits per heavy atom. The molecule has 8 nitrogen and oxygen atoms in total. The largest absolute Gasteiger partial charge is 0.341 e. The second-order valence-corrected chi connectivity index (χ2v) is 9.37. The van der Waals surface area contributed by atoms with Gasteiger partial charge in [-0.05, 0) is 38.1 Å². The van der Waals surface area contributed by atoms with E-state index >= 15 is 0 Å². The van der Waals surface area contributed by atoms with Crippen LogP contribution in [0.2, 0.25) is 0 Å². The van der Waals surface area contributed by atoms with E-state index in [1.165, 1.54) is 0 Å². The van der Waals surface area contributed by atoms with Gasteiger partial charge in [0, 0.05) is 36.4 Å². The maximum Gasteiger partial charge on any atom is 0.293 e. The van der Waals surface area contributed by atoms with Gasteiger partial charge in [-0.25, -0.2) is 9.67 Å².